The summed E-state index contributed by atoms with van der Waals surface area (Å²) >= 11 is 0. The highest BCUT2D eigenvalue weighted by atomic mass is 32.2. The molecule has 0 aromatic heterocycles. The molecule has 1 N–H and O–H groups in total. The Balaban J connectivity index is 3.03. The van der Waals surface area contributed by atoms with E-state index in [0.29, 0.717) is 5.56 Å². The molecule has 1 aromatic carbocycles. The summed E-state index contributed by atoms with van der Waals surface area (Å²) in [4.78, 5) is 10.7. The number of halogens is 1. The molecule has 0 radical (unpaired) electrons. The van der Waals surface area contributed by atoms with Crippen LogP contribution in [-0.2, 0) is 14.8 Å². The number of carbonyl (C=O) groups is 1. The first-order chi connectivity index (χ1) is 7.33. The van der Waals surface area contributed by atoms with Gasteiger partial charge in [0.2, 0.25) is 10.0 Å². The number of hydrogen-bond donors (Lipinski definition) is 1. The first kappa shape index (κ1) is 12.8. The highest BCUT2D eigenvalue weighted by Crippen LogP contribution is 2.15. The molecule has 0 atom stereocenters. The molecule has 0 aliphatic carbocycles. The van der Waals surface area contributed by atoms with Gasteiger partial charge in [-0.1, -0.05) is 0 Å². The summed E-state index contributed by atoms with van der Waals surface area (Å²) in [5, 5.41) is 0. The van der Waals surface area contributed by atoms with Gasteiger partial charge in [0.15, 0.2) is 0 Å². The van der Waals surface area contributed by atoms with Gasteiger partial charge < -0.3 is 0 Å². The molecule has 1 rings (SSSR count). The van der Waals surface area contributed by atoms with E-state index in [2.05, 4.69) is 4.72 Å². The summed E-state index contributed by atoms with van der Waals surface area (Å²) in [6.07, 6.45) is 0. The summed E-state index contributed by atoms with van der Waals surface area (Å²) in [5.41, 5.74) is 0.302. The number of benzene rings is 1. The van der Waals surface area contributed by atoms with Crippen molar-refractivity contribution in [2.24, 2.45) is 0 Å². The number of rotatable bonds is 4. The normalized spacial score (nSPS) is 11.4. The Morgan fingerprint density at radius 3 is 2.56 bits per heavy atom. The Hall–Kier alpha value is -1.27. The number of hydrogen-bond acceptors (Lipinski definition) is 3. The second-order valence-electron chi connectivity index (χ2n) is 3.44. The third-order valence-electron chi connectivity index (χ3n) is 1.94. The van der Waals surface area contributed by atoms with E-state index in [1.165, 1.54) is 19.9 Å². The summed E-state index contributed by atoms with van der Waals surface area (Å²) in [5.74, 6) is -0.786. The van der Waals surface area contributed by atoms with Gasteiger partial charge in [-0.2, -0.15) is 0 Å². The number of ketones is 1. The predicted molar refractivity (Wildman–Crippen MR) is 57.0 cm³/mol. The molecule has 0 amide bonds. The van der Waals surface area contributed by atoms with Gasteiger partial charge in [-0.25, -0.2) is 17.5 Å². The van der Waals surface area contributed by atoms with Crippen molar-refractivity contribution in [3.63, 3.8) is 0 Å². The van der Waals surface area contributed by atoms with Gasteiger partial charge in [0, 0.05) is 0 Å². The van der Waals surface area contributed by atoms with Gasteiger partial charge in [0.25, 0.3) is 0 Å². The van der Waals surface area contributed by atoms with Crippen molar-refractivity contribution in [1.82, 2.24) is 4.72 Å². The standard InChI is InChI=1S/C10H12FNO3S/c1-7-5-9(11)3-4-10(7)16(14,15)12-6-8(2)13/h3-5,12H,6H2,1-2H3. The minimum atomic E-state index is -3.74. The maximum Gasteiger partial charge on any atom is 0.241 e. The van der Waals surface area contributed by atoms with Crippen LogP contribution in [-0.4, -0.2) is 20.7 Å². The largest absolute Gasteiger partial charge is 0.299 e. The molecule has 0 aliphatic heterocycles. The molecule has 4 nitrogen and oxygen atoms in total. The zero-order chi connectivity index (χ0) is 12.3. The van der Waals surface area contributed by atoms with Crippen LogP contribution in [0.5, 0.6) is 0 Å². The van der Waals surface area contributed by atoms with E-state index in [1.54, 1.807) is 0 Å². The van der Waals surface area contributed by atoms with E-state index in [4.69, 9.17) is 0 Å². The van der Waals surface area contributed by atoms with Gasteiger partial charge in [0.05, 0.1) is 11.4 Å². The molecule has 0 unspecified atom stereocenters. The van der Waals surface area contributed by atoms with Crippen molar-refractivity contribution in [2.75, 3.05) is 6.54 Å². The van der Waals surface area contributed by atoms with Gasteiger partial charge in [-0.3, -0.25) is 4.79 Å². The summed E-state index contributed by atoms with van der Waals surface area (Å²) in [6.45, 7) is 2.50. The van der Waals surface area contributed by atoms with Crippen LogP contribution in [0, 0.1) is 12.7 Å². The maximum absolute atomic E-state index is 12.8. The molecule has 0 spiro atoms. The quantitative estimate of drug-likeness (QED) is 0.860. The van der Waals surface area contributed by atoms with E-state index in [-0.39, 0.29) is 17.2 Å². The van der Waals surface area contributed by atoms with Gasteiger partial charge >= 0.3 is 0 Å². The number of sulfonamides is 1. The molecule has 0 aliphatic rings. The zero-order valence-corrected chi connectivity index (χ0v) is 9.77. The second-order valence-corrected chi connectivity index (χ2v) is 5.17. The average Bonchev–Trinajstić information content (AvgIpc) is 2.14. The third-order valence-corrected chi connectivity index (χ3v) is 3.50. The second kappa shape index (κ2) is 4.71. The highest BCUT2D eigenvalue weighted by Gasteiger charge is 2.17. The molecule has 88 valence electrons. The molecule has 0 heterocycles. The van der Waals surface area contributed by atoms with Crippen molar-refractivity contribution in [2.45, 2.75) is 18.7 Å². The van der Waals surface area contributed by atoms with Crippen LogP contribution in [0.4, 0.5) is 4.39 Å². The number of carbonyl (C=O) groups excluding carboxylic acids is 1. The monoisotopic (exact) mass is 245 g/mol. The fourth-order valence-corrected chi connectivity index (χ4v) is 2.47. The van der Waals surface area contributed by atoms with Crippen molar-refractivity contribution in [3.05, 3.63) is 29.6 Å². The van der Waals surface area contributed by atoms with Crippen LogP contribution in [0.1, 0.15) is 12.5 Å². The van der Waals surface area contributed by atoms with Crippen LogP contribution in [0.15, 0.2) is 23.1 Å². The zero-order valence-electron chi connectivity index (χ0n) is 8.95. The molecular weight excluding hydrogens is 233 g/mol. The average molecular weight is 245 g/mol. The van der Waals surface area contributed by atoms with Crippen LogP contribution < -0.4 is 4.72 Å². The lowest BCUT2D eigenvalue weighted by Crippen LogP contribution is -2.29. The highest BCUT2D eigenvalue weighted by molar-refractivity contribution is 7.89. The molecule has 0 saturated carbocycles. The minimum Gasteiger partial charge on any atom is -0.299 e. The van der Waals surface area contributed by atoms with Crippen molar-refractivity contribution in [1.29, 1.82) is 0 Å². The van der Waals surface area contributed by atoms with E-state index in [9.17, 15) is 17.6 Å². The predicted octanol–water partition coefficient (Wildman–Crippen LogP) is 1.00. The Morgan fingerprint density at radius 1 is 1.44 bits per heavy atom. The molecule has 16 heavy (non-hydrogen) atoms. The van der Waals surface area contributed by atoms with Crippen LogP contribution in [0.25, 0.3) is 0 Å². The first-order valence-corrected chi connectivity index (χ1v) is 6.06. The van der Waals surface area contributed by atoms with Gasteiger partial charge in [-0.05, 0) is 37.6 Å². The number of Topliss-reactive ketones (excluding diaryl/α,β-unsaturated/α-hetero) is 1. The lowest BCUT2D eigenvalue weighted by atomic mass is 10.2. The number of nitrogens with one attached hydrogen (secondary N) is 1. The van der Waals surface area contributed by atoms with Gasteiger partial charge in [-0.15, -0.1) is 0 Å². The van der Waals surface area contributed by atoms with Crippen molar-refractivity contribution >= 4 is 15.8 Å². The molecule has 0 saturated heterocycles. The third kappa shape index (κ3) is 3.11. The van der Waals surface area contributed by atoms with E-state index >= 15 is 0 Å². The lowest BCUT2D eigenvalue weighted by Gasteiger charge is -2.07. The smallest absolute Gasteiger partial charge is 0.241 e. The van der Waals surface area contributed by atoms with Crippen LogP contribution in [0.2, 0.25) is 0 Å². The molecular formula is C10H12FNO3S. The summed E-state index contributed by atoms with van der Waals surface area (Å²) in [6, 6.07) is 3.37. The molecule has 0 bridgehead atoms. The fourth-order valence-electron chi connectivity index (χ4n) is 1.19. The Labute approximate surface area is 93.5 Å². The summed E-state index contributed by atoms with van der Waals surface area (Å²) in [7, 11) is -3.74. The first-order valence-electron chi connectivity index (χ1n) is 4.58. The van der Waals surface area contributed by atoms with E-state index < -0.39 is 15.8 Å². The Kier molecular flexibility index (Phi) is 3.77. The topological polar surface area (TPSA) is 63.2 Å². The Morgan fingerprint density at radius 2 is 2.06 bits per heavy atom. The van der Waals surface area contributed by atoms with Crippen LogP contribution in [0.3, 0.4) is 0 Å². The SMILES string of the molecule is CC(=O)CNS(=O)(=O)c1ccc(F)cc1C. The van der Waals surface area contributed by atoms with Gasteiger partial charge in [0.1, 0.15) is 11.6 Å². The Bertz CT molecular complexity index is 511. The van der Waals surface area contributed by atoms with E-state index in [1.807, 2.05) is 0 Å². The molecule has 0 fully saturated rings. The van der Waals surface area contributed by atoms with Crippen molar-refractivity contribution < 1.29 is 17.6 Å². The lowest BCUT2D eigenvalue weighted by molar-refractivity contribution is -0.115. The molecule has 6 heteroatoms. The minimum absolute atomic E-state index is 0.0184. The molecule has 1 aromatic rings. The van der Waals surface area contributed by atoms with E-state index in [0.717, 1.165) is 12.1 Å². The van der Waals surface area contributed by atoms with Crippen molar-refractivity contribution in [3.8, 4) is 0 Å². The van der Waals surface area contributed by atoms with Crippen LogP contribution >= 0.6 is 0 Å². The number of aryl methyl sites for hydroxylation is 1. The maximum atomic E-state index is 12.8. The fraction of sp³-hybridized carbons (Fsp3) is 0.300. The summed E-state index contributed by atoms with van der Waals surface area (Å²) < 4.78 is 38.3.